The summed E-state index contributed by atoms with van der Waals surface area (Å²) in [5.41, 5.74) is 1.98. The predicted octanol–water partition coefficient (Wildman–Crippen LogP) is 3.32. The number of carboxylic acid groups (broad SMARTS) is 1. The molecule has 4 nitrogen and oxygen atoms in total. The fraction of sp³-hybridized carbons (Fsp3) is 0.438. The van der Waals surface area contributed by atoms with Crippen LogP contribution in [-0.2, 0) is 4.79 Å². The normalized spacial score (nSPS) is 11.3. The Hall–Kier alpha value is -1.33. The zero-order valence-corrected chi connectivity index (χ0v) is 14.4. The van der Waals surface area contributed by atoms with E-state index in [1.165, 1.54) is 6.08 Å². The lowest BCUT2D eigenvalue weighted by atomic mass is 10.1. The molecule has 116 valence electrons. The van der Waals surface area contributed by atoms with E-state index in [9.17, 15) is 4.79 Å². The fourth-order valence-corrected chi connectivity index (χ4v) is 2.39. The largest absolute Gasteiger partial charge is 0.478 e. The number of carbonyl (C=O) groups is 1. The first kappa shape index (κ1) is 17.7. The van der Waals surface area contributed by atoms with Crippen LogP contribution in [0.2, 0.25) is 0 Å². The minimum atomic E-state index is -0.931. The van der Waals surface area contributed by atoms with Crippen molar-refractivity contribution < 1.29 is 9.90 Å². The number of carboxylic acids is 1. The van der Waals surface area contributed by atoms with Crippen molar-refractivity contribution in [3.8, 4) is 0 Å². The fourth-order valence-electron chi connectivity index (χ4n) is 2.04. The number of nitrogens with zero attached hydrogens (tertiary/aromatic N) is 2. The molecule has 0 aromatic heterocycles. The van der Waals surface area contributed by atoms with Gasteiger partial charge in [-0.2, -0.15) is 0 Å². The average molecular weight is 355 g/mol. The number of hydrogen-bond acceptors (Lipinski definition) is 3. The highest BCUT2D eigenvalue weighted by Crippen LogP contribution is 2.26. The molecule has 1 aromatic carbocycles. The van der Waals surface area contributed by atoms with Crippen LogP contribution in [0.3, 0.4) is 0 Å². The molecular weight excluding hydrogens is 332 g/mol. The highest BCUT2D eigenvalue weighted by atomic mass is 79.9. The van der Waals surface area contributed by atoms with Gasteiger partial charge in [-0.05, 0) is 44.3 Å². The molecule has 0 bridgehead atoms. The summed E-state index contributed by atoms with van der Waals surface area (Å²) < 4.78 is 0.996. The van der Waals surface area contributed by atoms with Crippen LogP contribution in [0.5, 0.6) is 0 Å². The van der Waals surface area contributed by atoms with Crippen LogP contribution in [0.15, 0.2) is 28.7 Å². The summed E-state index contributed by atoms with van der Waals surface area (Å²) in [6.45, 7) is 4.95. The molecule has 0 unspecified atom stereocenters. The number of benzene rings is 1. The molecule has 0 saturated carbocycles. The molecule has 0 saturated heterocycles. The molecule has 0 aliphatic heterocycles. The van der Waals surface area contributed by atoms with Gasteiger partial charge in [0.1, 0.15) is 0 Å². The van der Waals surface area contributed by atoms with Gasteiger partial charge < -0.3 is 14.9 Å². The topological polar surface area (TPSA) is 43.8 Å². The second kappa shape index (κ2) is 8.85. The number of anilines is 1. The molecular formula is C16H23BrN2O2. The molecule has 0 aliphatic carbocycles. The Labute approximate surface area is 135 Å². The smallest absolute Gasteiger partial charge is 0.328 e. The Balaban J connectivity index is 3.08. The lowest BCUT2D eigenvalue weighted by molar-refractivity contribution is -0.131. The number of hydrogen-bond donors (Lipinski definition) is 1. The van der Waals surface area contributed by atoms with Gasteiger partial charge in [-0.25, -0.2) is 4.79 Å². The summed E-state index contributed by atoms with van der Waals surface area (Å²) in [6, 6.07) is 5.92. The average Bonchev–Trinajstić information content (AvgIpc) is 2.41. The Morgan fingerprint density at radius 3 is 2.57 bits per heavy atom. The van der Waals surface area contributed by atoms with Crippen LogP contribution < -0.4 is 4.90 Å². The standard InChI is InChI=1S/C16H23BrN2O2/c1-4-9-19(11-10-18(2)3)15-12-14(17)7-5-13(15)6-8-16(20)21/h5-8,12H,4,9-11H2,1-3H3,(H,20,21). The molecule has 0 spiro atoms. The van der Waals surface area contributed by atoms with Crippen LogP contribution in [0, 0.1) is 0 Å². The molecule has 21 heavy (non-hydrogen) atoms. The maximum atomic E-state index is 10.7. The van der Waals surface area contributed by atoms with Crippen molar-refractivity contribution in [2.45, 2.75) is 13.3 Å². The molecule has 0 fully saturated rings. The maximum Gasteiger partial charge on any atom is 0.328 e. The highest BCUT2D eigenvalue weighted by molar-refractivity contribution is 9.10. The monoisotopic (exact) mass is 354 g/mol. The van der Waals surface area contributed by atoms with E-state index in [-0.39, 0.29) is 0 Å². The van der Waals surface area contributed by atoms with Crippen LogP contribution in [0.25, 0.3) is 6.08 Å². The van der Waals surface area contributed by atoms with E-state index in [1.807, 2.05) is 18.2 Å². The van der Waals surface area contributed by atoms with Crippen molar-refractivity contribution in [3.05, 3.63) is 34.3 Å². The van der Waals surface area contributed by atoms with Crippen LogP contribution in [-0.4, -0.2) is 49.7 Å². The summed E-state index contributed by atoms with van der Waals surface area (Å²) >= 11 is 3.50. The van der Waals surface area contributed by atoms with E-state index in [0.29, 0.717) is 0 Å². The van der Waals surface area contributed by atoms with Crippen molar-refractivity contribution >= 4 is 33.7 Å². The SMILES string of the molecule is CCCN(CCN(C)C)c1cc(Br)ccc1C=CC(=O)O. The van der Waals surface area contributed by atoms with E-state index >= 15 is 0 Å². The van der Waals surface area contributed by atoms with Gasteiger partial charge in [0, 0.05) is 35.9 Å². The molecule has 1 N–H and O–H groups in total. The first-order valence-corrected chi connectivity index (χ1v) is 7.83. The molecule has 0 atom stereocenters. The summed E-state index contributed by atoms with van der Waals surface area (Å²) in [5.74, 6) is -0.931. The lowest BCUT2D eigenvalue weighted by Crippen LogP contribution is -2.32. The van der Waals surface area contributed by atoms with E-state index in [0.717, 1.165) is 41.8 Å². The van der Waals surface area contributed by atoms with Gasteiger partial charge in [0.25, 0.3) is 0 Å². The maximum absolute atomic E-state index is 10.7. The van der Waals surface area contributed by atoms with Gasteiger partial charge in [-0.1, -0.05) is 28.9 Å². The van der Waals surface area contributed by atoms with Crippen molar-refractivity contribution in [1.82, 2.24) is 4.90 Å². The van der Waals surface area contributed by atoms with Crippen LogP contribution >= 0.6 is 15.9 Å². The minimum absolute atomic E-state index is 0.908. The van der Waals surface area contributed by atoms with Gasteiger partial charge in [0.2, 0.25) is 0 Å². The van der Waals surface area contributed by atoms with Crippen molar-refractivity contribution in [2.75, 3.05) is 38.6 Å². The molecule has 0 heterocycles. The number of likely N-dealkylation sites (N-methyl/N-ethyl adjacent to an activating group) is 1. The number of halogens is 1. The molecule has 5 heteroatoms. The van der Waals surface area contributed by atoms with Gasteiger partial charge in [-0.15, -0.1) is 0 Å². The van der Waals surface area contributed by atoms with Crippen molar-refractivity contribution in [3.63, 3.8) is 0 Å². The third kappa shape index (κ3) is 6.31. The predicted molar refractivity (Wildman–Crippen MR) is 91.9 cm³/mol. The minimum Gasteiger partial charge on any atom is -0.478 e. The van der Waals surface area contributed by atoms with E-state index in [4.69, 9.17) is 5.11 Å². The van der Waals surface area contributed by atoms with Crippen molar-refractivity contribution in [2.24, 2.45) is 0 Å². The van der Waals surface area contributed by atoms with Gasteiger partial charge in [0.15, 0.2) is 0 Å². The number of rotatable bonds is 8. The molecule has 0 amide bonds. The summed E-state index contributed by atoms with van der Waals surface area (Å²) in [4.78, 5) is 15.2. The third-order valence-corrected chi connectivity index (χ3v) is 3.54. The Morgan fingerprint density at radius 2 is 2.00 bits per heavy atom. The quantitative estimate of drug-likeness (QED) is 0.727. The zero-order valence-electron chi connectivity index (χ0n) is 12.8. The van der Waals surface area contributed by atoms with E-state index in [2.05, 4.69) is 46.7 Å². The van der Waals surface area contributed by atoms with E-state index in [1.54, 1.807) is 6.08 Å². The summed E-state index contributed by atoms with van der Waals surface area (Å²) in [7, 11) is 4.10. The Morgan fingerprint density at radius 1 is 1.29 bits per heavy atom. The first-order valence-electron chi connectivity index (χ1n) is 7.04. The van der Waals surface area contributed by atoms with Crippen LogP contribution in [0.1, 0.15) is 18.9 Å². The van der Waals surface area contributed by atoms with Crippen molar-refractivity contribution in [1.29, 1.82) is 0 Å². The molecule has 1 rings (SSSR count). The lowest BCUT2D eigenvalue weighted by Gasteiger charge is -2.27. The Bertz CT molecular complexity index is 501. The van der Waals surface area contributed by atoms with Gasteiger partial charge in [0.05, 0.1) is 0 Å². The van der Waals surface area contributed by atoms with Gasteiger partial charge in [-0.3, -0.25) is 0 Å². The summed E-state index contributed by atoms with van der Waals surface area (Å²) in [5, 5.41) is 8.82. The second-order valence-electron chi connectivity index (χ2n) is 5.17. The zero-order chi connectivity index (χ0) is 15.8. The second-order valence-corrected chi connectivity index (χ2v) is 6.08. The van der Waals surface area contributed by atoms with Crippen LogP contribution in [0.4, 0.5) is 5.69 Å². The summed E-state index contributed by atoms with van der Waals surface area (Å²) in [6.07, 6.45) is 3.88. The molecule has 1 aromatic rings. The highest BCUT2D eigenvalue weighted by Gasteiger charge is 2.10. The van der Waals surface area contributed by atoms with Gasteiger partial charge >= 0.3 is 5.97 Å². The van der Waals surface area contributed by atoms with E-state index < -0.39 is 5.97 Å². The first-order chi connectivity index (χ1) is 9.93. The Kier molecular flexibility index (Phi) is 7.47. The molecule has 0 aliphatic rings. The molecule has 0 radical (unpaired) electrons. The number of aliphatic carboxylic acids is 1. The third-order valence-electron chi connectivity index (χ3n) is 3.05.